The maximum atomic E-state index is 11.5. The van der Waals surface area contributed by atoms with E-state index in [1.54, 1.807) is 12.3 Å². The van der Waals surface area contributed by atoms with E-state index < -0.39 is 10.0 Å². The molecule has 0 amide bonds. The summed E-state index contributed by atoms with van der Waals surface area (Å²) in [5.74, 6) is 0.882. The Morgan fingerprint density at radius 1 is 1.43 bits per heavy atom. The fourth-order valence-corrected chi connectivity index (χ4v) is 4.46. The second-order valence-corrected chi connectivity index (χ2v) is 7.79. The molecule has 1 aromatic carbocycles. The van der Waals surface area contributed by atoms with E-state index >= 15 is 0 Å². The molecule has 0 saturated heterocycles. The zero-order valence-corrected chi connectivity index (χ0v) is 12.8. The number of aromatic nitrogens is 1. The molecule has 0 bridgehead atoms. The second kappa shape index (κ2) is 5.98. The molecule has 1 aliphatic rings. The number of oxazole rings is 1. The van der Waals surface area contributed by atoms with Crippen molar-refractivity contribution < 1.29 is 12.8 Å². The molecule has 0 fully saturated rings. The zero-order chi connectivity index (χ0) is 14.7. The molecule has 0 atom stereocenters. The predicted octanol–water partition coefficient (Wildman–Crippen LogP) is 2.52. The minimum atomic E-state index is -3.18. The predicted molar refractivity (Wildman–Crippen MR) is 83.0 cm³/mol. The monoisotopic (exact) mass is 325 g/mol. The van der Waals surface area contributed by atoms with Crippen LogP contribution in [0.15, 0.2) is 40.1 Å². The molecule has 3 rings (SSSR count). The normalized spacial score (nSPS) is 16.0. The van der Waals surface area contributed by atoms with Gasteiger partial charge in [-0.1, -0.05) is 0 Å². The van der Waals surface area contributed by atoms with Gasteiger partial charge in [0.15, 0.2) is 6.39 Å². The van der Waals surface area contributed by atoms with E-state index in [9.17, 15) is 8.42 Å². The number of aryl methyl sites for hydroxylation is 1. The maximum Gasteiger partial charge on any atom is 0.242 e. The van der Waals surface area contributed by atoms with Crippen molar-refractivity contribution in [2.45, 2.75) is 17.7 Å². The topological polar surface area (TPSA) is 84.2 Å². The Hall–Kier alpha value is -1.67. The van der Waals surface area contributed by atoms with Crippen LogP contribution in [0.2, 0.25) is 0 Å². The summed E-state index contributed by atoms with van der Waals surface area (Å²) in [5, 5.41) is 3.39. The van der Waals surface area contributed by atoms with E-state index in [1.807, 2.05) is 12.1 Å². The fourth-order valence-electron chi connectivity index (χ4n) is 2.04. The highest BCUT2D eigenvalue weighted by atomic mass is 32.3. The number of sulfonamides is 1. The van der Waals surface area contributed by atoms with Gasteiger partial charge in [0.1, 0.15) is 10.8 Å². The molecule has 0 unspecified atom stereocenters. The molecule has 0 radical (unpaired) electrons. The van der Waals surface area contributed by atoms with Gasteiger partial charge in [0.25, 0.3) is 0 Å². The van der Waals surface area contributed by atoms with Crippen LogP contribution in [-0.4, -0.2) is 25.0 Å². The van der Waals surface area contributed by atoms with Crippen LogP contribution in [0.4, 0.5) is 11.4 Å². The molecule has 0 aliphatic carbocycles. The third-order valence-electron chi connectivity index (χ3n) is 3.03. The SMILES string of the molecule is O=S1(=O)CSc2cc(NCCCc3cnco3)ccc2N1. The standard InChI is InChI=1S/C13H15N3O3S2/c17-21(18)9-20-13-6-10(3-4-12(13)16-21)15-5-1-2-11-7-14-8-19-11/h3-4,6-8,15-16H,1-2,5,9H2. The largest absolute Gasteiger partial charge is 0.449 e. The lowest BCUT2D eigenvalue weighted by molar-refractivity contribution is 0.499. The van der Waals surface area contributed by atoms with E-state index in [0.717, 1.165) is 35.7 Å². The van der Waals surface area contributed by atoms with Gasteiger partial charge in [0, 0.05) is 23.5 Å². The first kappa shape index (κ1) is 14.3. The van der Waals surface area contributed by atoms with Crippen molar-refractivity contribution >= 4 is 33.2 Å². The number of benzene rings is 1. The molecule has 1 aromatic heterocycles. The molecule has 21 heavy (non-hydrogen) atoms. The first-order valence-electron chi connectivity index (χ1n) is 6.51. The van der Waals surface area contributed by atoms with Crippen LogP contribution in [-0.2, 0) is 16.4 Å². The number of nitrogens with zero attached hydrogens (tertiary/aromatic N) is 1. The van der Waals surface area contributed by atoms with Crippen molar-refractivity contribution in [3.05, 3.63) is 36.5 Å². The van der Waals surface area contributed by atoms with Crippen molar-refractivity contribution in [1.29, 1.82) is 0 Å². The molecular weight excluding hydrogens is 310 g/mol. The van der Waals surface area contributed by atoms with Crippen LogP contribution in [0.1, 0.15) is 12.2 Å². The summed E-state index contributed by atoms with van der Waals surface area (Å²) in [5.41, 5.74) is 1.64. The van der Waals surface area contributed by atoms with E-state index in [4.69, 9.17) is 4.42 Å². The van der Waals surface area contributed by atoms with E-state index in [1.165, 1.54) is 18.2 Å². The van der Waals surface area contributed by atoms with Gasteiger partial charge in [-0.15, -0.1) is 11.8 Å². The molecule has 6 nitrogen and oxygen atoms in total. The van der Waals surface area contributed by atoms with Crippen LogP contribution in [0.3, 0.4) is 0 Å². The molecule has 8 heteroatoms. The number of hydrogen-bond acceptors (Lipinski definition) is 6. The van der Waals surface area contributed by atoms with Gasteiger partial charge in [-0.3, -0.25) is 4.72 Å². The number of nitrogens with one attached hydrogen (secondary N) is 2. The molecule has 0 spiro atoms. The van der Waals surface area contributed by atoms with Gasteiger partial charge >= 0.3 is 0 Å². The maximum absolute atomic E-state index is 11.5. The van der Waals surface area contributed by atoms with Crippen molar-refractivity contribution in [1.82, 2.24) is 4.98 Å². The van der Waals surface area contributed by atoms with Crippen molar-refractivity contribution in [2.75, 3.05) is 21.7 Å². The Labute approximate surface area is 127 Å². The number of thioether (sulfide) groups is 1. The molecule has 2 heterocycles. The fraction of sp³-hybridized carbons (Fsp3) is 0.308. The average molecular weight is 325 g/mol. The summed E-state index contributed by atoms with van der Waals surface area (Å²) in [6, 6.07) is 5.63. The van der Waals surface area contributed by atoms with Crippen LogP contribution >= 0.6 is 11.8 Å². The Morgan fingerprint density at radius 2 is 2.33 bits per heavy atom. The van der Waals surface area contributed by atoms with Crippen molar-refractivity contribution in [3.63, 3.8) is 0 Å². The second-order valence-electron chi connectivity index (χ2n) is 4.69. The lowest BCUT2D eigenvalue weighted by atomic mass is 10.2. The van der Waals surface area contributed by atoms with E-state index in [0.29, 0.717) is 5.69 Å². The highest BCUT2D eigenvalue weighted by Gasteiger charge is 2.20. The van der Waals surface area contributed by atoms with Gasteiger partial charge in [0.05, 0.1) is 11.9 Å². The van der Waals surface area contributed by atoms with E-state index in [-0.39, 0.29) is 5.08 Å². The van der Waals surface area contributed by atoms with Gasteiger partial charge in [-0.25, -0.2) is 13.4 Å². The van der Waals surface area contributed by atoms with Gasteiger partial charge in [-0.05, 0) is 24.6 Å². The molecular formula is C13H15N3O3S2. The third kappa shape index (κ3) is 3.70. The first-order chi connectivity index (χ1) is 10.1. The third-order valence-corrected chi connectivity index (χ3v) is 5.92. The number of fused-ring (bicyclic) bond motifs is 1. The van der Waals surface area contributed by atoms with Crippen LogP contribution < -0.4 is 10.0 Å². The number of hydrogen-bond donors (Lipinski definition) is 2. The highest BCUT2D eigenvalue weighted by molar-refractivity contribution is 8.13. The Morgan fingerprint density at radius 3 is 3.14 bits per heavy atom. The summed E-state index contributed by atoms with van der Waals surface area (Å²) in [6.07, 6.45) is 4.94. The highest BCUT2D eigenvalue weighted by Crippen LogP contribution is 2.35. The van der Waals surface area contributed by atoms with Crippen LogP contribution in [0.5, 0.6) is 0 Å². The first-order valence-corrected chi connectivity index (χ1v) is 9.15. The molecule has 2 aromatic rings. The molecule has 1 aliphatic heterocycles. The van der Waals surface area contributed by atoms with Crippen LogP contribution in [0, 0.1) is 0 Å². The lowest BCUT2D eigenvalue weighted by Crippen LogP contribution is -2.19. The van der Waals surface area contributed by atoms with Gasteiger partial charge in [0.2, 0.25) is 10.0 Å². The van der Waals surface area contributed by atoms with Gasteiger partial charge in [-0.2, -0.15) is 0 Å². The van der Waals surface area contributed by atoms with Gasteiger partial charge < -0.3 is 9.73 Å². The Kier molecular flexibility index (Phi) is 4.07. The zero-order valence-electron chi connectivity index (χ0n) is 11.2. The Bertz CT molecular complexity index is 714. The smallest absolute Gasteiger partial charge is 0.242 e. The summed E-state index contributed by atoms with van der Waals surface area (Å²) in [6.45, 7) is 0.815. The minimum Gasteiger partial charge on any atom is -0.449 e. The summed E-state index contributed by atoms with van der Waals surface area (Å²) >= 11 is 1.33. The van der Waals surface area contributed by atoms with Crippen LogP contribution in [0.25, 0.3) is 0 Å². The lowest BCUT2D eigenvalue weighted by Gasteiger charge is -2.18. The summed E-state index contributed by atoms with van der Waals surface area (Å²) < 4.78 is 30.6. The Balaban J connectivity index is 1.55. The molecule has 0 saturated carbocycles. The van der Waals surface area contributed by atoms with E-state index in [2.05, 4.69) is 15.0 Å². The molecule has 2 N–H and O–H groups in total. The number of rotatable bonds is 5. The minimum absolute atomic E-state index is 0.0644. The van der Waals surface area contributed by atoms with Crippen molar-refractivity contribution in [3.8, 4) is 0 Å². The quantitative estimate of drug-likeness (QED) is 0.822. The number of anilines is 2. The summed E-state index contributed by atoms with van der Waals surface area (Å²) in [7, 11) is -3.18. The van der Waals surface area contributed by atoms with Crippen molar-refractivity contribution in [2.24, 2.45) is 0 Å². The average Bonchev–Trinajstić information content (AvgIpc) is 2.96. The molecule has 112 valence electrons. The summed E-state index contributed by atoms with van der Waals surface area (Å²) in [4.78, 5) is 4.82.